The Morgan fingerprint density at radius 2 is 0.882 bits per heavy atom. The number of carbonyl (C=O) groups is 14. The zero-order chi connectivity index (χ0) is 82.0. The van der Waals surface area contributed by atoms with Gasteiger partial charge in [-0.2, -0.15) is 0 Å². The van der Waals surface area contributed by atoms with Crippen molar-refractivity contribution in [3.05, 3.63) is 35.9 Å². The molecule has 31 N–H and O–H groups in total. The molecule has 0 aliphatic carbocycles. The van der Waals surface area contributed by atoms with Crippen molar-refractivity contribution in [1.82, 2.24) is 63.4 Å². The molecule has 40 nitrogen and oxygen atoms in total. The van der Waals surface area contributed by atoms with Crippen LogP contribution in [0.1, 0.15) is 168 Å². The number of carbonyl (C=O) groups excluding carboxylic acids is 12. The van der Waals surface area contributed by atoms with Gasteiger partial charge in [0, 0.05) is 39.0 Å². The fourth-order valence-electron chi connectivity index (χ4n) is 12.3. The Morgan fingerprint density at radius 1 is 0.473 bits per heavy atom. The lowest BCUT2D eigenvalue weighted by Gasteiger charge is -2.32. The number of carboxylic acid groups (broad SMARTS) is 2. The third kappa shape index (κ3) is 34.4. The van der Waals surface area contributed by atoms with E-state index in [1.54, 1.807) is 58.0 Å². The molecule has 616 valence electrons. The number of aliphatic carboxylic acids is 2. The Hall–Kier alpha value is -10.5. The summed E-state index contributed by atoms with van der Waals surface area (Å²) in [6.07, 6.45) is 1.81. The minimum absolute atomic E-state index is 0.0220. The van der Waals surface area contributed by atoms with E-state index < -0.39 is 186 Å². The van der Waals surface area contributed by atoms with Gasteiger partial charge in [-0.1, -0.05) is 70.9 Å². The molecule has 0 saturated carbocycles. The summed E-state index contributed by atoms with van der Waals surface area (Å²) in [4.78, 5) is 208. The highest BCUT2D eigenvalue weighted by Gasteiger charge is 2.42. The molecule has 2 aliphatic heterocycles. The number of amides is 12. The predicted molar refractivity (Wildman–Crippen MR) is 408 cm³/mol. The average Bonchev–Trinajstić information content (AvgIpc) is 1.62. The van der Waals surface area contributed by atoms with Gasteiger partial charge in [0.15, 0.2) is 17.9 Å². The molecule has 12 amide bonds. The molecule has 40 heteroatoms. The number of guanidine groups is 3. The maximum absolute atomic E-state index is 15.0. The smallest absolute Gasteiger partial charge is 0.326 e. The van der Waals surface area contributed by atoms with Crippen molar-refractivity contribution in [3.8, 4) is 0 Å². The number of nitrogens with two attached hydrogens (primary N) is 9. The number of unbranched alkanes of at least 4 members (excludes halogenated alkanes) is 2. The number of rotatable bonds is 53. The van der Waals surface area contributed by atoms with E-state index in [0.29, 0.717) is 50.6 Å². The van der Waals surface area contributed by atoms with Gasteiger partial charge in [-0.3, -0.25) is 77.3 Å². The molecule has 2 fully saturated rings. The van der Waals surface area contributed by atoms with Gasteiger partial charge in [0.05, 0.1) is 12.5 Å². The van der Waals surface area contributed by atoms with E-state index >= 15 is 4.79 Å². The number of nitrogens with zero attached hydrogens (tertiary/aromatic N) is 4. The minimum atomic E-state index is -1.91. The standard InChI is InChI=1S/C70H120N24O16/c1-5-39(3)54(92-60(102)46(26-17-35-83-70(78)79)86-57(99)44(24-15-33-81-68(74)75)84-56(98)42-23-14-32-80-42)64(106)88-47(22-11-13-31-72)66(108)94-36-18-27-51(94)63(105)87-45(25-16-34-82-69(76)77)58(100)85-43(21-10-12-30-71)59(101)93-55(40(4)6-2)65(107)91-50(38-53(96)97)62(104)90-49(37-41-19-8-7-9-20-41)61(103)89-48(67(109)110)28-29-52(73)95/h7-9,19-20,39-40,42-51,54-55,80H,5-6,10-18,21-38,71-72H2,1-4H3,(H2,73,95)(H,84,98)(H,85,100)(H,86,99)(H,87,105)(H,88,106)(H,89,103)(H,90,104)(H,91,107)(H,92,102)(H,93,101)(H,96,97)(H,109,110)(H4,74,75,81)(H4,76,77,82)(H4,78,79,83)/t39-,40-,42-,43-,44-,45-,46-,47-,48-,49-,50-,51-,54-,55-/m0/s1. The van der Waals surface area contributed by atoms with Crippen molar-refractivity contribution in [3.63, 3.8) is 0 Å². The maximum Gasteiger partial charge on any atom is 0.326 e. The molecule has 110 heavy (non-hydrogen) atoms. The van der Waals surface area contributed by atoms with Gasteiger partial charge < -0.3 is 125 Å². The SMILES string of the molecule is CC[C@H](C)[C@H](NC(=O)[C@H](CCCCN)NC(=O)[C@H](CCCN=C(N)N)NC(=O)[C@@H]1CCCN1C(=O)[C@H](CCCCN)NC(=O)[C@@H](NC(=O)[C@H](CCCN=C(N)N)NC(=O)[C@H](CCCN=C(N)N)NC(=O)[C@@H]1CCCN1)[C@@H](C)CC)C(=O)N[C@@H](CC(=O)O)C(=O)N[C@@H](Cc1ccccc1)C(=O)N[C@@H](CCC(N)=O)C(=O)O. The number of hydrogen-bond acceptors (Lipinski definition) is 20. The molecule has 2 heterocycles. The van der Waals surface area contributed by atoms with Crippen molar-refractivity contribution in [2.45, 2.75) is 241 Å². The number of carboxylic acids is 2. The monoisotopic (exact) mass is 1550 g/mol. The molecule has 14 atom stereocenters. The Bertz CT molecular complexity index is 3290. The van der Waals surface area contributed by atoms with Gasteiger partial charge in [-0.15, -0.1) is 0 Å². The first-order valence-corrected chi connectivity index (χ1v) is 37.7. The van der Waals surface area contributed by atoms with E-state index in [1.807, 2.05) is 0 Å². The molecule has 1 aromatic carbocycles. The quantitative estimate of drug-likeness (QED) is 0.0164. The summed E-state index contributed by atoms with van der Waals surface area (Å²) in [6.45, 7) is 7.93. The summed E-state index contributed by atoms with van der Waals surface area (Å²) in [7, 11) is 0. The van der Waals surface area contributed by atoms with Gasteiger partial charge in [0.2, 0.25) is 70.9 Å². The minimum Gasteiger partial charge on any atom is -0.481 e. The van der Waals surface area contributed by atoms with Crippen LogP contribution in [0, 0.1) is 11.8 Å². The molecule has 0 unspecified atom stereocenters. The summed E-state index contributed by atoms with van der Waals surface area (Å²) in [5, 5.41) is 49.4. The van der Waals surface area contributed by atoms with Crippen LogP contribution in [-0.4, -0.2) is 234 Å². The van der Waals surface area contributed by atoms with E-state index in [1.165, 1.54) is 4.90 Å². The fraction of sp³-hybridized carbons (Fsp3) is 0.671. The van der Waals surface area contributed by atoms with Crippen molar-refractivity contribution >= 4 is 101 Å². The lowest BCUT2D eigenvalue weighted by atomic mass is 9.96. The largest absolute Gasteiger partial charge is 0.481 e. The highest BCUT2D eigenvalue weighted by atomic mass is 16.4. The Morgan fingerprint density at radius 3 is 1.32 bits per heavy atom. The molecular weight excluding hydrogens is 1430 g/mol. The van der Waals surface area contributed by atoms with E-state index in [0.717, 1.165) is 6.42 Å². The highest BCUT2D eigenvalue weighted by Crippen LogP contribution is 2.22. The van der Waals surface area contributed by atoms with E-state index in [2.05, 4.69) is 73.5 Å². The van der Waals surface area contributed by atoms with Crippen molar-refractivity contribution in [1.29, 1.82) is 0 Å². The van der Waals surface area contributed by atoms with Gasteiger partial charge in [-0.05, 0) is 146 Å². The van der Waals surface area contributed by atoms with E-state index in [9.17, 15) is 72.5 Å². The van der Waals surface area contributed by atoms with Crippen molar-refractivity contribution in [2.75, 3.05) is 45.8 Å². The third-order valence-corrected chi connectivity index (χ3v) is 18.9. The first-order chi connectivity index (χ1) is 52.2. The average molecular weight is 1550 g/mol. The number of nitrogens with one attached hydrogen (secondary N) is 11. The van der Waals surface area contributed by atoms with Gasteiger partial charge in [0.1, 0.15) is 66.5 Å². The summed E-state index contributed by atoms with van der Waals surface area (Å²) >= 11 is 0. The first-order valence-electron chi connectivity index (χ1n) is 37.7. The van der Waals surface area contributed by atoms with Crippen LogP contribution in [0.4, 0.5) is 0 Å². The first kappa shape index (κ1) is 93.7. The summed E-state index contributed by atoms with van der Waals surface area (Å²) in [5.74, 6) is -15.2. The number of likely N-dealkylation sites (tertiary alicyclic amines) is 1. The molecule has 0 aromatic heterocycles. The zero-order valence-corrected chi connectivity index (χ0v) is 63.6. The number of aliphatic imine (C=N–C) groups is 3. The van der Waals surface area contributed by atoms with Gasteiger partial charge in [0.25, 0.3) is 0 Å². The second-order valence-corrected chi connectivity index (χ2v) is 27.6. The van der Waals surface area contributed by atoms with Crippen LogP contribution in [0.2, 0.25) is 0 Å². The molecular formula is C70H120N24O16. The number of hydrogen-bond donors (Lipinski definition) is 22. The van der Waals surface area contributed by atoms with Crippen LogP contribution >= 0.6 is 0 Å². The molecule has 0 radical (unpaired) electrons. The van der Waals surface area contributed by atoms with Crippen molar-refractivity contribution < 1.29 is 77.3 Å². The second kappa shape index (κ2) is 50.2. The topological polar surface area (TPSA) is 686 Å². The molecule has 0 spiro atoms. The summed E-state index contributed by atoms with van der Waals surface area (Å²) < 4.78 is 0. The van der Waals surface area contributed by atoms with Crippen LogP contribution in [0.25, 0.3) is 0 Å². The van der Waals surface area contributed by atoms with Crippen molar-refractivity contribution in [2.24, 2.45) is 78.4 Å². The highest BCUT2D eigenvalue weighted by molar-refractivity contribution is 6.00. The molecule has 2 saturated heterocycles. The number of primary amides is 1. The van der Waals surface area contributed by atoms with Crippen LogP contribution in [0.5, 0.6) is 0 Å². The third-order valence-electron chi connectivity index (χ3n) is 18.9. The number of benzene rings is 1. The second-order valence-electron chi connectivity index (χ2n) is 27.6. The normalized spacial score (nSPS) is 17.1. The molecule has 0 bridgehead atoms. The van der Waals surface area contributed by atoms with E-state index in [4.69, 9.17) is 51.6 Å². The lowest BCUT2D eigenvalue weighted by Crippen LogP contribution is -2.61. The van der Waals surface area contributed by atoms with E-state index in [-0.39, 0.29) is 134 Å². The fourth-order valence-corrected chi connectivity index (χ4v) is 12.3. The molecule has 3 rings (SSSR count). The Kier molecular flexibility index (Phi) is 42.8. The Balaban J connectivity index is 1.98. The summed E-state index contributed by atoms with van der Waals surface area (Å²) in [6, 6.07) is -8.26. The van der Waals surface area contributed by atoms with Crippen LogP contribution in [0.3, 0.4) is 0 Å². The molecule has 1 aromatic rings. The lowest BCUT2D eigenvalue weighted by molar-refractivity contribution is -0.143. The predicted octanol–water partition coefficient (Wildman–Crippen LogP) is -5.84. The van der Waals surface area contributed by atoms with Crippen LogP contribution in [-0.2, 0) is 73.5 Å². The van der Waals surface area contributed by atoms with Gasteiger partial charge >= 0.3 is 11.9 Å². The molecule has 2 aliphatic rings. The van der Waals surface area contributed by atoms with Crippen LogP contribution < -0.4 is 110 Å². The van der Waals surface area contributed by atoms with Gasteiger partial charge in [-0.25, -0.2) is 4.79 Å². The summed E-state index contributed by atoms with van der Waals surface area (Å²) in [5.41, 5.74) is 50.9. The van der Waals surface area contributed by atoms with Crippen LogP contribution in [0.15, 0.2) is 45.3 Å². The Labute approximate surface area is 640 Å². The zero-order valence-electron chi connectivity index (χ0n) is 63.6. The maximum atomic E-state index is 15.0.